The van der Waals surface area contributed by atoms with Crippen LogP contribution in [0.1, 0.15) is 71.6 Å². The number of Topliss-reactive ketones (excluding diaryl/α,β-unsaturated/α-hetero) is 1. The maximum absolute atomic E-state index is 12.7. The topological polar surface area (TPSA) is 69.6 Å². The van der Waals surface area contributed by atoms with Crippen LogP contribution in [0.2, 0.25) is 0 Å². The molecule has 3 N–H and O–H groups in total. The third-order valence-corrected chi connectivity index (χ3v) is 10.9. The summed E-state index contributed by atoms with van der Waals surface area (Å²) in [5, 5.41) is 25.5. The van der Waals surface area contributed by atoms with E-state index in [1.807, 2.05) is 0 Å². The fourth-order valence-electron chi connectivity index (χ4n) is 9.02. The molecule has 4 nitrogen and oxygen atoms in total. The number of aliphatic hydroxyl groups excluding tert-OH is 2. The average molecular weight is 430 g/mol. The lowest BCUT2D eigenvalue weighted by molar-refractivity contribution is -0.199. The summed E-state index contributed by atoms with van der Waals surface area (Å²) in [6, 6.07) is 0. The Morgan fingerprint density at radius 2 is 1.71 bits per heavy atom. The van der Waals surface area contributed by atoms with Crippen molar-refractivity contribution in [3.63, 3.8) is 0 Å². The van der Waals surface area contributed by atoms with Crippen molar-refractivity contribution in [2.75, 3.05) is 19.7 Å². The Kier molecular flexibility index (Phi) is 5.88. The summed E-state index contributed by atoms with van der Waals surface area (Å²) < 4.78 is 0. The Hall–Kier alpha value is -0.710. The molecule has 5 aliphatic rings. The Bertz CT molecular complexity index is 715. The van der Waals surface area contributed by atoms with Crippen LogP contribution in [0.3, 0.4) is 0 Å². The van der Waals surface area contributed by atoms with Gasteiger partial charge in [0.05, 0.1) is 6.10 Å². The number of hydrogen-bond acceptors (Lipinski definition) is 4. The molecule has 31 heavy (non-hydrogen) atoms. The number of allylic oxidation sites excluding steroid dienone is 2. The van der Waals surface area contributed by atoms with Crippen LogP contribution in [0.15, 0.2) is 12.2 Å². The van der Waals surface area contributed by atoms with Crippen molar-refractivity contribution in [3.8, 4) is 0 Å². The van der Waals surface area contributed by atoms with Gasteiger partial charge in [-0.05, 0) is 105 Å². The van der Waals surface area contributed by atoms with Crippen molar-refractivity contribution in [2.45, 2.75) is 77.7 Å². The summed E-state index contributed by atoms with van der Waals surface area (Å²) in [5.41, 5.74) is -0.0521. The molecule has 4 aliphatic carbocycles. The van der Waals surface area contributed by atoms with E-state index in [-0.39, 0.29) is 29.3 Å². The summed E-state index contributed by atoms with van der Waals surface area (Å²) in [6.07, 6.45) is 14.2. The summed E-state index contributed by atoms with van der Waals surface area (Å²) in [7, 11) is 0. The molecule has 174 valence electrons. The largest absolute Gasteiger partial charge is 0.396 e. The zero-order valence-electron chi connectivity index (χ0n) is 19.6. The van der Waals surface area contributed by atoms with Gasteiger partial charge in [-0.25, -0.2) is 0 Å². The number of aliphatic hydroxyl groups is 2. The molecule has 0 amide bonds. The molecule has 1 saturated heterocycles. The first-order valence-corrected chi connectivity index (χ1v) is 13.1. The number of piperidine rings is 1. The molecule has 0 aromatic carbocycles. The van der Waals surface area contributed by atoms with Gasteiger partial charge in [-0.15, -0.1) is 0 Å². The molecule has 5 rings (SSSR count). The molecule has 1 heterocycles. The minimum atomic E-state index is -0.462. The summed E-state index contributed by atoms with van der Waals surface area (Å²) >= 11 is 0. The van der Waals surface area contributed by atoms with Crippen LogP contribution in [0.25, 0.3) is 0 Å². The van der Waals surface area contributed by atoms with E-state index in [9.17, 15) is 15.0 Å². The fraction of sp³-hybridized carbons (Fsp3) is 0.889. The molecule has 0 radical (unpaired) electrons. The number of rotatable bonds is 3. The second-order valence-corrected chi connectivity index (χ2v) is 12.2. The molecule has 1 unspecified atom stereocenters. The van der Waals surface area contributed by atoms with Crippen LogP contribution in [-0.2, 0) is 4.79 Å². The molecule has 9 atom stereocenters. The molecular formula is C27H43NO3. The first kappa shape index (κ1) is 22.1. The molecule has 0 aromatic heterocycles. The van der Waals surface area contributed by atoms with E-state index in [1.54, 1.807) is 0 Å². The van der Waals surface area contributed by atoms with Gasteiger partial charge in [-0.2, -0.15) is 0 Å². The fourth-order valence-corrected chi connectivity index (χ4v) is 9.02. The average Bonchev–Trinajstić information content (AvgIpc) is 3.08. The Labute approximate surface area is 188 Å². The van der Waals surface area contributed by atoms with Gasteiger partial charge in [0.2, 0.25) is 0 Å². The van der Waals surface area contributed by atoms with E-state index in [4.69, 9.17) is 0 Å². The standard InChI is InChI=1S/C27H43NO3/c1-26-11-7-18(4-3-17-9-13-28-14-10-17)15-22(26)19(16-29)25(31)24-20-5-6-23(30)27(20,2)12-8-21(24)26/h3-4,17-22,24-25,28-29,31H,5-16H2,1-2H3/b4-3-/t18-,19-,20+,21+,22?,24+,25-,26-,27+/m1/s1. The van der Waals surface area contributed by atoms with Crippen molar-refractivity contribution in [2.24, 2.45) is 52.3 Å². The van der Waals surface area contributed by atoms with Gasteiger partial charge in [0.25, 0.3) is 0 Å². The molecule has 0 bridgehead atoms. The number of nitrogens with one attached hydrogen (secondary N) is 1. The van der Waals surface area contributed by atoms with Gasteiger partial charge in [-0.3, -0.25) is 4.79 Å². The third-order valence-electron chi connectivity index (χ3n) is 10.9. The monoisotopic (exact) mass is 429 g/mol. The van der Waals surface area contributed by atoms with Crippen LogP contribution in [0, 0.1) is 52.3 Å². The van der Waals surface area contributed by atoms with E-state index in [0.29, 0.717) is 41.8 Å². The lowest BCUT2D eigenvalue weighted by Crippen LogP contribution is -2.62. The maximum atomic E-state index is 12.7. The SMILES string of the molecule is C[C@]12CC[C@@H](/C=C\C3CCNCC3)CC1[C@@H](CO)[C@@H](O)[C@@H]1[C@@H]2CC[C@]2(C)C(=O)CC[C@@H]12. The number of ketones is 1. The number of fused-ring (bicyclic) bond motifs is 5. The molecule has 0 spiro atoms. The van der Waals surface area contributed by atoms with Gasteiger partial charge < -0.3 is 15.5 Å². The van der Waals surface area contributed by atoms with Crippen LogP contribution in [0.5, 0.6) is 0 Å². The minimum Gasteiger partial charge on any atom is -0.396 e. The van der Waals surface area contributed by atoms with Crippen LogP contribution in [-0.4, -0.2) is 41.8 Å². The van der Waals surface area contributed by atoms with Gasteiger partial charge in [0.1, 0.15) is 5.78 Å². The Balaban J connectivity index is 1.38. The Morgan fingerprint density at radius 1 is 0.968 bits per heavy atom. The van der Waals surface area contributed by atoms with Crippen LogP contribution < -0.4 is 5.32 Å². The minimum absolute atomic E-state index is 0.0422. The van der Waals surface area contributed by atoms with Gasteiger partial charge in [-0.1, -0.05) is 26.0 Å². The highest BCUT2D eigenvalue weighted by atomic mass is 16.3. The molecule has 1 aliphatic heterocycles. The van der Waals surface area contributed by atoms with Gasteiger partial charge >= 0.3 is 0 Å². The number of hydrogen-bond donors (Lipinski definition) is 3. The highest BCUT2D eigenvalue weighted by Crippen LogP contribution is 2.67. The van der Waals surface area contributed by atoms with Crippen molar-refractivity contribution in [3.05, 3.63) is 12.2 Å². The van der Waals surface area contributed by atoms with E-state index in [2.05, 4.69) is 31.3 Å². The molecule has 4 heteroatoms. The summed E-state index contributed by atoms with van der Waals surface area (Å²) in [4.78, 5) is 12.7. The van der Waals surface area contributed by atoms with Gasteiger partial charge in [0, 0.05) is 24.4 Å². The van der Waals surface area contributed by atoms with Crippen molar-refractivity contribution in [1.82, 2.24) is 5.32 Å². The highest BCUT2D eigenvalue weighted by molar-refractivity contribution is 5.87. The second-order valence-electron chi connectivity index (χ2n) is 12.2. The van der Waals surface area contributed by atoms with E-state index in [1.165, 1.54) is 25.7 Å². The predicted octanol–water partition coefficient (Wildman–Crippen LogP) is 3.96. The smallest absolute Gasteiger partial charge is 0.139 e. The lowest BCUT2D eigenvalue weighted by Gasteiger charge is -2.63. The molecule has 4 saturated carbocycles. The van der Waals surface area contributed by atoms with Crippen LogP contribution in [0.4, 0.5) is 0 Å². The quantitative estimate of drug-likeness (QED) is 0.594. The summed E-state index contributed by atoms with van der Waals surface area (Å²) in [6.45, 7) is 6.97. The van der Waals surface area contributed by atoms with E-state index in [0.717, 1.165) is 38.8 Å². The third kappa shape index (κ3) is 3.47. The van der Waals surface area contributed by atoms with Crippen molar-refractivity contribution >= 4 is 5.78 Å². The first-order chi connectivity index (χ1) is 14.9. The van der Waals surface area contributed by atoms with Gasteiger partial charge in [0.15, 0.2) is 0 Å². The van der Waals surface area contributed by atoms with E-state index >= 15 is 0 Å². The molecule has 5 fully saturated rings. The summed E-state index contributed by atoms with van der Waals surface area (Å²) in [5.74, 6) is 3.03. The highest BCUT2D eigenvalue weighted by Gasteiger charge is 2.64. The van der Waals surface area contributed by atoms with Crippen molar-refractivity contribution in [1.29, 1.82) is 0 Å². The second kappa shape index (κ2) is 8.25. The normalized spacial score (nSPS) is 50.8. The number of carbonyl (C=O) groups is 1. The molecular weight excluding hydrogens is 386 g/mol. The van der Waals surface area contributed by atoms with Crippen molar-refractivity contribution < 1.29 is 15.0 Å². The number of carbonyl (C=O) groups excluding carboxylic acids is 1. The molecule has 0 aromatic rings. The zero-order valence-corrected chi connectivity index (χ0v) is 19.6. The van der Waals surface area contributed by atoms with Crippen LogP contribution >= 0.6 is 0 Å². The lowest BCUT2D eigenvalue weighted by atomic mass is 9.42. The predicted molar refractivity (Wildman–Crippen MR) is 122 cm³/mol. The maximum Gasteiger partial charge on any atom is 0.139 e. The Morgan fingerprint density at radius 3 is 2.45 bits per heavy atom. The zero-order chi connectivity index (χ0) is 21.8. The van der Waals surface area contributed by atoms with E-state index < -0.39 is 6.10 Å². The first-order valence-electron chi connectivity index (χ1n) is 13.1.